The number of imide groups is 1. The fraction of sp³-hybridized carbons (Fsp3) is 0.360. The van der Waals surface area contributed by atoms with E-state index in [1.54, 1.807) is 0 Å². The van der Waals surface area contributed by atoms with Crippen LogP contribution in [0.3, 0.4) is 0 Å². The number of nitrogens with one attached hydrogen (secondary N) is 1. The van der Waals surface area contributed by atoms with Crippen LogP contribution in [0.4, 0.5) is 5.69 Å². The molecule has 0 aromatic heterocycles. The highest BCUT2D eigenvalue weighted by Gasteiger charge is 2.38. The minimum absolute atomic E-state index is 0.0543. The standard InChI is InChI=1S/C25H30N2O4/c1-17(2)30-16-8-15-27-24(28)22(19-11-13-21(14-12-19)31-18(3)4)23(25(27)29)26-20-9-6-5-7-10-20/h5-7,9-14,17-18,26H,8,15-16H2,1-4H3. The van der Waals surface area contributed by atoms with Crippen molar-refractivity contribution in [2.24, 2.45) is 0 Å². The second-order valence-electron chi connectivity index (χ2n) is 7.97. The zero-order valence-electron chi connectivity index (χ0n) is 18.6. The molecule has 1 heterocycles. The Bertz CT molecular complexity index is 934. The van der Waals surface area contributed by atoms with Crippen LogP contribution in [0.5, 0.6) is 5.75 Å². The quantitative estimate of drug-likeness (QED) is 0.452. The van der Waals surface area contributed by atoms with Crippen molar-refractivity contribution < 1.29 is 19.1 Å². The van der Waals surface area contributed by atoms with Crippen molar-refractivity contribution >= 4 is 23.1 Å². The number of nitrogens with zero attached hydrogens (tertiary/aromatic N) is 1. The van der Waals surface area contributed by atoms with Crippen LogP contribution in [0.2, 0.25) is 0 Å². The molecule has 31 heavy (non-hydrogen) atoms. The molecule has 1 aliphatic rings. The minimum Gasteiger partial charge on any atom is -0.491 e. The van der Waals surface area contributed by atoms with Gasteiger partial charge in [0.25, 0.3) is 11.8 Å². The van der Waals surface area contributed by atoms with Gasteiger partial charge >= 0.3 is 0 Å². The van der Waals surface area contributed by atoms with Gasteiger partial charge in [-0.25, -0.2) is 0 Å². The summed E-state index contributed by atoms with van der Waals surface area (Å²) in [5, 5.41) is 3.16. The highest BCUT2D eigenvalue weighted by Crippen LogP contribution is 2.31. The zero-order chi connectivity index (χ0) is 22.4. The molecule has 0 spiro atoms. The maximum absolute atomic E-state index is 13.2. The van der Waals surface area contributed by atoms with Gasteiger partial charge in [0, 0.05) is 18.8 Å². The Morgan fingerprint density at radius 1 is 0.871 bits per heavy atom. The molecule has 6 nitrogen and oxygen atoms in total. The summed E-state index contributed by atoms with van der Waals surface area (Å²) in [5.41, 5.74) is 2.09. The fourth-order valence-corrected chi connectivity index (χ4v) is 3.34. The Morgan fingerprint density at radius 2 is 1.55 bits per heavy atom. The molecule has 2 aromatic carbocycles. The second kappa shape index (κ2) is 10.3. The maximum atomic E-state index is 13.2. The topological polar surface area (TPSA) is 67.9 Å². The van der Waals surface area contributed by atoms with Crippen molar-refractivity contribution in [1.29, 1.82) is 0 Å². The van der Waals surface area contributed by atoms with E-state index in [4.69, 9.17) is 9.47 Å². The maximum Gasteiger partial charge on any atom is 0.278 e. The molecule has 0 unspecified atom stereocenters. The van der Waals surface area contributed by atoms with Gasteiger partial charge in [0.05, 0.1) is 17.8 Å². The number of hydrogen-bond acceptors (Lipinski definition) is 5. The van der Waals surface area contributed by atoms with Crippen LogP contribution in [-0.2, 0) is 14.3 Å². The minimum atomic E-state index is -0.323. The van der Waals surface area contributed by atoms with E-state index in [1.807, 2.05) is 82.3 Å². The molecule has 1 aliphatic heterocycles. The van der Waals surface area contributed by atoms with E-state index < -0.39 is 0 Å². The summed E-state index contributed by atoms with van der Waals surface area (Å²) >= 11 is 0. The number of hydrogen-bond donors (Lipinski definition) is 1. The third-order valence-electron chi connectivity index (χ3n) is 4.70. The number of ether oxygens (including phenoxy) is 2. The highest BCUT2D eigenvalue weighted by molar-refractivity contribution is 6.36. The van der Waals surface area contributed by atoms with E-state index in [9.17, 15) is 9.59 Å². The van der Waals surface area contributed by atoms with Crippen LogP contribution in [0.15, 0.2) is 60.3 Å². The SMILES string of the molecule is CC(C)OCCCN1C(=O)C(Nc2ccccc2)=C(c2ccc(OC(C)C)cc2)C1=O. The molecule has 0 radical (unpaired) electrons. The van der Waals surface area contributed by atoms with Gasteiger partial charge in [0.1, 0.15) is 11.4 Å². The predicted molar refractivity (Wildman–Crippen MR) is 122 cm³/mol. The predicted octanol–water partition coefficient (Wildman–Crippen LogP) is 4.48. The normalized spacial score (nSPS) is 14.2. The molecule has 3 rings (SSSR count). The zero-order valence-corrected chi connectivity index (χ0v) is 18.6. The van der Waals surface area contributed by atoms with Gasteiger partial charge in [-0.3, -0.25) is 14.5 Å². The Balaban J connectivity index is 1.87. The lowest BCUT2D eigenvalue weighted by Crippen LogP contribution is -2.34. The Labute approximate surface area is 183 Å². The molecule has 0 atom stereocenters. The number of carbonyl (C=O) groups is 2. The summed E-state index contributed by atoms with van der Waals surface area (Å²) in [6.45, 7) is 8.63. The van der Waals surface area contributed by atoms with Gasteiger partial charge in [0.15, 0.2) is 0 Å². The van der Waals surface area contributed by atoms with Crippen molar-refractivity contribution in [1.82, 2.24) is 4.90 Å². The molecule has 0 aliphatic carbocycles. The molecule has 1 N–H and O–H groups in total. The molecular weight excluding hydrogens is 392 g/mol. The Hall–Kier alpha value is -3.12. The van der Waals surface area contributed by atoms with Crippen LogP contribution in [0.1, 0.15) is 39.7 Å². The third kappa shape index (κ3) is 5.73. The first-order chi connectivity index (χ1) is 14.9. The lowest BCUT2D eigenvalue weighted by Gasteiger charge is -2.16. The monoisotopic (exact) mass is 422 g/mol. The van der Waals surface area contributed by atoms with Gasteiger partial charge in [-0.2, -0.15) is 0 Å². The molecular formula is C25H30N2O4. The summed E-state index contributed by atoms with van der Waals surface area (Å²) < 4.78 is 11.3. The molecule has 2 amide bonds. The summed E-state index contributed by atoms with van der Waals surface area (Å²) in [5.74, 6) is 0.0952. The largest absolute Gasteiger partial charge is 0.491 e. The first-order valence-corrected chi connectivity index (χ1v) is 10.7. The van der Waals surface area contributed by atoms with E-state index in [2.05, 4.69) is 5.32 Å². The molecule has 6 heteroatoms. The van der Waals surface area contributed by atoms with E-state index in [0.29, 0.717) is 36.4 Å². The van der Waals surface area contributed by atoms with Crippen molar-refractivity contribution in [2.75, 3.05) is 18.5 Å². The van der Waals surface area contributed by atoms with Crippen LogP contribution in [-0.4, -0.2) is 42.1 Å². The van der Waals surface area contributed by atoms with Gasteiger partial charge in [-0.05, 0) is 63.9 Å². The molecule has 0 bridgehead atoms. The van der Waals surface area contributed by atoms with E-state index in [0.717, 1.165) is 11.4 Å². The third-order valence-corrected chi connectivity index (χ3v) is 4.70. The molecule has 0 saturated carbocycles. The number of anilines is 1. The van der Waals surface area contributed by atoms with E-state index in [1.165, 1.54) is 4.90 Å². The second-order valence-corrected chi connectivity index (χ2v) is 7.97. The van der Waals surface area contributed by atoms with E-state index >= 15 is 0 Å². The Kier molecular flexibility index (Phi) is 7.47. The summed E-state index contributed by atoms with van der Waals surface area (Å²) in [6, 6.07) is 16.6. The van der Waals surface area contributed by atoms with Gasteiger partial charge in [-0.1, -0.05) is 30.3 Å². The lowest BCUT2D eigenvalue weighted by atomic mass is 10.0. The first-order valence-electron chi connectivity index (χ1n) is 10.7. The number of amides is 2. The van der Waals surface area contributed by atoms with Crippen molar-refractivity contribution in [3.63, 3.8) is 0 Å². The van der Waals surface area contributed by atoms with E-state index in [-0.39, 0.29) is 24.0 Å². The summed E-state index contributed by atoms with van der Waals surface area (Å²) in [6.07, 6.45) is 0.752. The number of carbonyl (C=O) groups excluding carboxylic acids is 2. The Morgan fingerprint density at radius 3 is 2.16 bits per heavy atom. The number of para-hydroxylation sites is 1. The van der Waals surface area contributed by atoms with Gasteiger partial charge in [-0.15, -0.1) is 0 Å². The number of benzene rings is 2. The smallest absolute Gasteiger partial charge is 0.278 e. The van der Waals surface area contributed by atoms with Crippen LogP contribution >= 0.6 is 0 Å². The summed E-state index contributed by atoms with van der Waals surface area (Å²) in [7, 11) is 0. The molecule has 0 fully saturated rings. The lowest BCUT2D eigenvalue weighted by molar-refractivity contribution is -0.137. The van der Waals surface area contributed by atoms with Gasteiger partial charge in [0.2, 0.25) is 0 Å². The first kappa shape index (κ1) is 22.6. The highest BCUT2D eigenvalue weighted by atomic mass is 16.5. The fourth-order valence-electron chi connectivity index (χ4n) is 3.34. The van der Waals surface area contributed by atoms with Crippen molar-refractivity contribution in [3.05, 3.63) is 65.9 Å². The average molecular weight is 423 g/mol. The summed E-state index contributed by atoms with van der Waals surface area (Å²) in [4.78, 5) is 27.7. The van der Waals surface area contributed by atoms with Crippen molar-refractivity contribution in [3.8, 4) is 5.75 Å². The van der Waals surface area contributed by atoms with Crippen molar-refractivity contribution in [2.45, 2.75) is 46.3 Å². The van der Waals surface area contributed by atoms with Crippen LogP contribution < -0.4 is 10.1 Å². The average Bonchev–Trinajstić information content (AvgIpc) is 2.96. The number of rotatable bonds is 10. The van der Waals surface area contributed by atoms with Crippen LogP contribution in [0.25, 0.3) is 5.57 Å². The molecule has 164 valence electrons. The van der Waals surface area contributed by atoms with Gasteiger partial charge < -0.3 is 14.8 Å². The van der Waals surface area contributed by atoms with Crippen LogP contribution in [0, 0.1) is 0 Å². The molecule has 0 saturated heterocycles. The molecule has 2 aromatic rings.